The standard InChI is InChI=1S/C27H31ClN2O5/c1-2-3-14-35-22-9-5-7-20(18-22)25(31)23-24(19-6-4-8-21(28)17-19)30(27(33)26(23)32)11-10-29-12-15-34-16-13-29/h4-9,17-18,24,31H,2-3,10-16H2,1H3/b25-23+. The minimum atomic E-state index is -0.737. The lowest BCUT2D eigenvalue weighted by atomic mass is 9.95. The molecule has 0 radical (unpaired) electrons. The summed E-state index contributed by atoms with van der Waals surface area (Å²) in [7, 11) is 0. The van der Waals surface area contributed by atoms with Gasteiger partial charge in [-0.05, 0) is 36.2 Å². The number of benzene rings is 2. The van der Waals surface area contributed by atoms with Crippen molar-refractivity contribution in [1.29, 1.82) is 0 Å². The second kappa shape index (κ2) is 11.7. The Kier molecular flexibility index (Phi) is 8.44. The van der Waals surface area contributed by atoms with E-state index in [2.05, 4.69) is 11.8 Å². The van der Waals surface area contributed by atoms with E-state index in [1.54, 1.807) is 36.4 Å². The van der Waals surface area contributed by atoms with E-state index >= 15 is 0 Å². The number of carbonyl (C=O) groups excluding carboxylic acids is 2. The van der Waals surface area contributed by atoms with Gasteiger partial charge in [0.05, 0.1) is 31.4 Å². The molecule has 0 saturated carbocycles. The lowest BCUT2D eigenvalue weighted by Gasteiger charge is -2.31. The molecule has 4 rings (SSSR count). The average Bonchev–Trinajstić information content (AvgIpc) is 3.13. The zero-order chi connectivity index (χ0) is 24.8. The number of halogens is 1. The Labute approximate surface area is 210 Å². The number of likely N-dealkylation sites (tertiary alicyclic amines) is 1. The molecule has 2 fully saturated rings. The van der Waals surface area contributed by atoms with E-state index in [9.17, 15) is 14.7 Å². The molecule has 2 heterocycles. The molecule has 2 aliphatic rings. The molecule has 186 valence electrons. The number of rotatable bonds is 9. The van der Waals surface area contributed by atoms with Gasteiger partial charge in [-0.25, -0.2) is 0 Å². The Balaban J connectivity index is 1.69. The van der Waals surface area contributed by atoms with Crippen molar-refractivity contribution in [3.05, 3.63) is 70.3 Å². The lowest BCUT2D eigenvalue weighted by Crippen LogP contribution is -2.42. The number of Topliss-reactive ketones (excluding diaryl/α,β-unsaturated/α-hetero) is 1. The topological polar surface area (TPSA) is 79.3 Å². The number of carbonyl (C=O) groups is 2. The Bertz CT molecular complexity index is 1100. The molecule has 7 nitrogen and oxygen atoms in total. The molecule has 2 aromatic rings. The minimum Gasteiger partial charge on any atom is -0.507 e. The van der Waals surface area contributed by atoms with E-state index in [1.165, 1.54) is 4.90 Å². The van der Waals surface area contributed by atoms with Gasteiger partial charge in [-0.15, -0.1) is 0 Å². The van der Waals surface area contributed by atoms with Gasteiger partial charge in [0, 0.05) is 36.8 Å². The first-order valence-corrected chi connectivity index (χ1v) is 12.4. The van der Waals surface area contributed by atoms with Crippen molar-refractivity contribution < 1.29 is 24.2 Å². The van der Waals surface area contributed by atoms with E-state index in [-0.39, 0.29) is 11.3 Å². The summed E-state index contributed by atoms with van der Waals surface area (Å²) in [4.78, 5) is 30.1. The molecule has 1 atom stereocenters. The SMILES string of the molecule is CCCCOc1cccc(/C(O)=C2\C(=O)C(=O)N(CCN3CCOCC3)C2c2cccc(Cl)c2)c1. The Morgan fingerprint density at radius 3 is 2.63 bits per heavy atom. The number of amides is 1. The number of aliphatic hydroxyl groups is 1. The molecule has 35 heavy (non-hydrogen) atoms. The van der Waals surface area contributed by atoms with E-state index in [0.29, 0.717) is 54.8 Å². The summed E-state index contributed by atoms with van der Waals surface area (Å²) in [6, 6.07) is 13.3. The van der Waals surface area contributed by atoms with E-state index in [0.717, 1.165) is 25.9 Å². The minimum absolute atomic E-state index is 0.0601. The van der Waals surface area contributed by atoms with E-state index < -0.39 is 17.7 Å². The molecule has 0 aliphatic carbocycles. The molecule has 1 N–H and O–H groups in total. The second-order valence-electron chi connectivity index (χ2n) is 8.73. The van der Waals surface area contributed by atoms with Gasteiger partial charge >= 0.3 is 0 Å². The first-order chi connectivity index (χ1) is 17.0. The number of aliphatic hydroxyl groups excluding tert-OH is 1. The monoisotopic (exact) mass is 498 g/mol. The first-order valence-electron chi connectivity index (χ1n) is 12.1. The lowest BCUT2D eigenvalue weighted by molar-refractivity contribution is -0.140. The van der Waals surface area contributed by atoms with Crippen LogP contribution in [0.4, 0.5) is 0 Å². The molecular formula is C27H31ClN2O5. The maximum Gasteiger partial charge on any atom is 0.295 e. The fourth-order valence-electron chi connectivity index (χ4n) is 4.43. The second-order valence-corrected chi connectivity index (χ2v) is 9.17. The third-order valence-corrected chi connectivity index (χ3v) is 6.57. The zero-order valence-corrected chi connectivity index (χ0v) is 20.7. The van der Waals surface area contributed by atoms with Crippen molar-refractivity contribution in [3.8, 4) is 5.75 Å². The van der Waals surface area contributed by atoms with Gasteiger partial charge in [-0.2, -0.15) is 0 Å². The maximum atomic E-state index is 13.2. The normalized spacial score (nSPS) is 20.4. The van der Waals surface area contributed by atoms with Crippen LogP contribution in [-0.4, -0.2) is 72.6 Å². The molecule has 2 aliphatic heterocycles. The van der Waals surface area contributed by atoms with Crippen molar-refractivity contribution in [2.45, 2.75) is 25.8 Å². The third-order valence-electron chi connectivity index (χ3n) is 6.34. The molecule has 0 bridgehead atoms. The van der Waals surface area contributed by atoms with Crippen molar-refractivity contribution in [1.82, 2.24) is 9.80 Å². The maximum absolute atomic E-state index is 13.2. The van der Waals surface area contributed by atoms with Crippen molar-refractivity contribution in [3.63, 3.8) is 0 Å². The Hall–Kier alpha value is -2.87. The average molecular weight is 499 g/mol. The van der Waals surface area contributed by atoms with E-state index in [4.69, 9.17) is 21.1 Å². The largest absolute Gasteiger partial charge is 0.507 e. The van der Waals surface area contributed by atoms with Crippen molar-refractivity contribution in [2.24, 2.45) is 0 Å². The summed E-state index contributed by atoms with van der Waals surface area (Å²) in [6.07, 6.45) is 1.92. The van der Waals surface area contributed by atoms with Gasteiger partial charge in [-0.1, -0.05) is 49.2 Å². The summed E-state index contributed by atoms with van der Waals surface area (Å²) in [6.45, 7) is 6.44. The summed E-state index contributed by atoms with van der Waals surface area (Å²) < 4.78 is 11.2. The smallest absolute Gasteiger partial charge is 0.295 e. The van der Waals surface area contributed by atoms with Gasteiger partial charge < -0.3 is 19.5 Å². The van der Waals surface area contributed by atoms with Gasteiger partial charge in [-0.3, -0.25) is 14.5 Å². The number of hydrogen-bond donors (Lipinski definition) is 1. The Morgan fingerprint density at radius 2 is 1.89 bits per heavy atom. The summed E-state index contributed by atoms with van der Waals surface area (Å²) in [5.41, 5.74) is 1.16. The zero-order valence-electron chi connectivity index (χ0n) is 19.9. The van der Waals surface area contributed by atoms with Crippen LogP contribution in [0.1, 0.15) is 36.9 Å². The number of morpholine rings is 1. The quantitative estimate of drug-likeness (QED) is 0.241. The summed E-state index contributed by atoms with van der Waals surface area (Å²) >= 11 is 6.26. The fourth-order valence-corrected chi connectivity index (χ4v) is 4.63. The fraction of sp³-hybridized carbons (Fsp3) is 0.407. The van der Waals surface area contributed by atoms with Crippen LogP contribution in [0.3, 0.4) is 0 Å². The molecule has 2 saturated heterocycles. The van der Waals surface area contributed by atoms with Gasteiger partial charge in [0.2, 0.25) is 0 Å². The summed E-state index contributed by atoms with van der Waals surface area (Å²) in [5.74, 6) is -0.946. The van der Waals surface area contributed by atoms with Crippen LogP contribution in [-0.2, 0) is 14.3 Å². The van der Waals surface area contributed by atoms with Crippen LogP contribution < -0.4 is 4.74 Å². The first kappa shape index (κ1) is 25.2. The number of ether oxygens (including phenoxy) is 2. The van der Waals surface area contributed by atoms with Crippen LogP contribution in [0.15, 0.2) is 54.1 Å². The highest BCUT2D eigenvalue weighted by Gasteiger charge is 2.46. The highest BCUT2D eigenvalue weighted by Crippen LogP contribution is 2.40. The predicted molar refractivity (Wildman–Crippen MR) is 135 cm³/mol. The highest BCUT2D eigenvalue weighted by molar-refractivity contribution is 6.46. The van der Waals surface area contributed by atoms with Crippen LogP contribution >= 0.6 is 11.6 Å². The van der Waals surface area contributed by atoms with Crippen molar-refractivity contribution in [2.75, 3.05) is 46.0 Å². The van der Waals surface area contributed by atoms with Crippen molar-refractivity contribution >= 4 is 29.1 Å². The van der Waals surface area contributed by atoms with Crippen LogP contribution in [0.25, 0.3) is 5.76 Å². The van der Waals surface area contributed by atoms with Gasteiger partial charge in [0.1, 0.15) is 11.5 Å². The number of unbranched alkanes of at least 4 members (excludes halogenated alkanes) is 1. The van der Waals surface area contributed by atoms with Gasteiger partial charge in [0.15, 0.2) is 0 Å². The summed E-state index contributed by atoms with van der Waals surface area (Å²) in [5, 5.41) is 11.8. The molecule has 1 unspecified atom stereocenters. The number of nitrogens with zero attached hydrogens (tertiary/aromatic N) is 2. The molecular weight excluding hydrogens is 468 g/mol. The third kappa shape index (κ3) is 5.86. The van der Waals surface area contributed by atoms with Crippen LogP contribution in [0.2, 0.25) is 5.02 Å². The molecule has 0 spiro atoms. The molecule has 0 aromatic heterocycles. The number of hydrogen-bond acceptors (Lipinski definition) is 6. The highest BCUT2D eigenvalue weighted by atomic mass is 35.5. The van der Waals surface area contributed by atoms with Crippen LogP contribution in [0, 0.1) is 0 Å². The molecule has 8 heteroatoms. The predicted octanol–water partition coefficient (Wildman–Crippen LogP) is 4.27. The van der Waals surface area contributed by atoms with E-state index in [1.807, 2.05) is 12.1 Å². The van der Waals surface area contributed by atoms with Crippen LogP contribution in [0.5, 0.6) is 5.75 Å². The number of ketones is 1. The van der Waals surface area contributed by atoms with Gasteiger partial charge in [0.25, 0.3) is 11.7 Å². The Morgan fingerprint density at radius 1 is 1.11 bits per heavy atom. The molecule has 2 aromatic carbocycles. The molecule has 1 amide bonds.